The minimum atomic E-state index is -0.462. The molecule has 1 saturated carbocycles. The fourth-order valence-electron chi connectivity index (χ4n) is 4.50. The number of rotatable bonds is 8. The van der Waals surface area contributed by atoms with Crippen LogP contribution < -0.4 is 10.9 Å². The maximum atomic E-state index is 13.1. The van der Waals surface area contributed by atoms with Gasteiger partial charge in [0.1, 0.15) is 11.5 Å². The number of aromatic nitrogens is 5. The smallest absolute Gasteiger partial charge is 0.295 e. The van der Waals surface area contributed by atoms with E-state index in [0.717, 1.165) is 24.4 Å². The number of nitrogens with one attached hydrogen (secondary N) is 1. The van der Waals surface area contributed by atoms with Gasteiger partial charge in [0.25, 0.3) is 5.56 Å². The van der Waals surface area contributed by atoms with Crippen LogP contribution in [-0.2, 0) is 18.4 Å². The number of amides is 1. The molecule has 2 heterocycles. The molecule has 180 valence electrons. The molecule has 0 aliphatic heterocycles. The van der Waals surface area contributed by atoms with E-state index < -0.39 is 5.25 Å². The molecule has 1 N–H and O–H groups in total. The Hall–Kier alpha value is -3.07. The minimum Gasteiger partial charge on any atom is -0.319 e. The second-order valence-corrected chi connectivity index (χ2v) is 10.1. The van der Waals surface area contributed by atoms with Crippen molar-refractivity contribution < 1.29 is 4.79 Å². The van der Waals surface area contributed by atoms with Crippen molar-refractivity contribution >= 4 is 23.4 Å². The number of carbonyl (C=O) groups is 1. The summed E-state index contributed by atoms with van der Waals surface area (Å²) in [5.41, 5.74) is 1.47. The van der Waals surface area contributed by atoms with Crippen molar-refractivity contribution in [3.63, 3.8) is 0 Å². The summed E-state index contributed by atoms with van der Waals surface area (Å²) in [7, 11) is 1.81. The van der Waals surface area contributed by atoms with E-state index in [1.165, 1.54) is 31.0 Å². The summed E-state index contributed by atoms with van der Waals surface area (Å²) in [5, 5.41) is 12.0. The minimum absolute atomic E-state index is 0.247. The lowest BCUT2D eigenvalue weighted by molar-refractivity contribution is -0.115. The van der Waals surface area contributed by atoms with Crippen molar-refractivity contribution in [1.29, 1.82) is 0 Å². The first-order valence-electron chi connectivity index (χ1n) is 11.8. The van der Waals surface area contributed by atoms with Gasteiger partial charge in [0.15, 0.2) is 5.16 Å². The molecular formula is C25H32N6O2S. The van der Waals surface area contributed by atoms with Crippen molar-refractivity contribution in [3.05, 3.63) is 64.9 Å². The number of benzene rings is 1. The first kappa shape index (κ1) is 24.1. The number of nitrogens with zero attached hydrogens (tertiary/aromatic N) is 5. The van der Waals surface area contributed by atoms with Crippen molar-refractivity contribution in [1.82, 2.24) is 24.1 Å². The number of allylic oxidation sites excluding steroid dienone is 1. The van der Waals surface area contributed by atoms with Crippen molar-refractivity contribution in [2.75, 3.05) is 5.32 Å². The third kappa shape index (κ3) is 4.75. The molecule has 1 aliphatic rings. The monoisotopic (exact) mass is 480 g/mol. The van der Waals surface area contributed by atoms with Crippen molar-refractivity contribution in [2.45, 2.75) is 68.8 Å². The Morgan fingerprint density at radius 1 is 1.24 bits per heavy atom. The van der Waals surface area contributed by atoms with Crippen LogP contribution in [0, 0.1) is 6.92 Å². The van der Waals surface area contributed by atoms with Gasteiger partial charge < -0.3 is 9.88 Å². The zero-order valence-electron chi connectivity index (χ0n) is 20.0. The second-order valence-electron chi connectivity index (χ2n) is 8.76. The highest BCUT2D eigenvalue weighted by Crippen LogP contribution is 2.34. The first-order valence-corrected chi connectivity index (χ1v) is 12.7. The zero-order valence-corrected chi connectivity index (χ0v) is 20.8. The highest BCUT2D eigenvalue weighted by atomic mass is 32.2. The topological polar surface area (TPSA) is 86.7 Å². The lowest BCUT2D eigenvalue weighted by Gasteiger charge is -2.21. The number of anilines is 1. The first-order chi connectivity index (χ1) is 16.4. The average Bonchev–Trinajstić information content (AvgIpc) is 3.33. The van der Waals surface area contributed by atoms with Crippen LogP contribution >= 0.6 is 11.8 Å². The normalized spacial score (nSPS) is 15.3. The summed E-state index contributed by atoms with van der Waals surface area (Å²) < 4.78 is 5.38. The van der Waals surface area contributed by atoms with Crippen LogP contribution in [0.1, 0.15) is 56.5 Å². The van der Waals surface area contributed by atoms with Gasteiger partial charge in [-0.25, -0.2) is 4.68 Å². The predicted octanol–water partition coefficient (Wildman–Crippen LogP) is 4.43. The molecule has 1 atom stereocenters. The molecule has 0 unspecified atom stereocenters. The third-order valence-corrected chi connectivity index (χ3v) is 7.56. The van der Waals surface area contributed by atoms with E-state index in [0.29, 0.717) is 29.0 Å². The van der Waals surface area contributed by atoms with Gasteiger partial charge in [0, 0.05) is 19.5 Å². The number of para-hydroxylation sites is 1. The van der Waals surface area contributed by atoms with E-state index >= 15 is 0 Å². The van der Waals surface area contributed by atoms with Gasteiger partial charge in [-0.05, 0) is 38.8 Å². The SMILES string of the molecule is C=CCn1c(S[C@H](C)C(=O)Nc2c(C)n(C)n(-c3ccccc3)c2=O)nnc1C1CCCCC1. The van der Waals surface area contributed by atoms with Crippen LogP contribution in [0.4, 0.5) is 5.69 Å². The third-order valence-electron chi connectivity index (χ3n) is 6.48. The maximum Gasteiger partial charge on any atom is 0.295 e. The maximum absolute atomic E-state index is 13.1. The van der Waals surface area contributed by atoms with Crippen LogP contribution in [0.2, 0.25) is 0 Å². The van der Waals surface area contributed by atoms with E-state index in [2.05, 4.69) is 26.7 Å². The molecule has 0 bridgehead atoms. The summed E-state index contributed by atoms with van der Waals surface area (Å²) in [4.78, 5) is 26.2. The molecule has 4 rings (SSSR count). The largest absolute Gasteiger partial charge is 0.319 e. The Labute approximate surface area is 204 Å². The van der Waals surface area contributed by atoms with Gasteiger partial charge in [-0.3, -0.25) is 14.3 Å². The van der Waals surface area contributed by atoms with E-state index in [1.54, 1.807) is 9.36 Å². The van der Waals surface area contributed by atoms with Crippen molar-refractivity contribution in [2.24, 2.45) is 7.05 Å². The fourth-order valence-corrected chi connectivity index (χ4v) is 5.36. The Morgan fingerprint density at radius 2 is 1.94 bits per heavy atom. The average molecular weight is 481 g/mol. The molecule has 1 fully saturated rings. The van der Waals surface area contributed by atoms with Gasteiger partial charge >= 0.3 is 0 Å². The Kier molecular flexibility index (Phi) is 7.41. The van der Waals surface area contributed by atoms with E-state index in [1.807, 2.05) is 57.3 Å². The summed E-state index contributed by atoms with van der Waals surface area (Å²) in [6.07, 6.45) is 7.78. The van der Waals surface area contributed by atoms with Crippen LogP contribution in [-0.4, -0.2) is 35.3 Å². The highest BCUT2D eigenvalue weighted by Gasteiger charge is 2.26. The number of thioether (sulfide) groups is 1. The molecule has 3 aromatic rings. The quantitative estimate of drug-likeness (QED) is 0.381. The summed E-state index contributed by atoms with van der Waals surface area (Å²) >= 11 is 1.36. The molecule has 0 radical (unpaired) electrons. The summed E-state index contributed by atoms with van der Waals surface area (Å²) in [5.74, 6) is 1.14. The highest BCUT2D eigenvalue weighted by molar-refractivity contribution is 8.00. The molecule has 34 heavy (non-hydrogen) atoms. The van der Waals surface area contributed by atoms with Crippen LogP contribution in [0.5, 0.6) is 0 Å². The molecule has 0 spiro atoms. The predicted molar refractivity (Wildman–Crippen MR) is 136 cm³/mol. The molecule has 8 nitrogen and oxygen atoms in total. The Bertz CT molecular complexity index is 1220. The molecule has 0 saturated heterocycles. The fraction of sp³-hybridized carbons (Fsp3) is 0.440. The van der Waals surface area contributed by atoms with Crippen LogP contribution in [0.3, 0.4) is 0 Å². The molecule has 2 aromatic heterocycles. The summed E-state index contributed by atoms with van der Waals surface area (Å²) in [6, 6.07) is 9.38. The summed E-state index contributed by atoms with van der Waals surface area (Å²) in [6.45, 7) is 8.14. The van der Waals surface area contributed by atoms with E-state index in [4.69, 9.17) is 0 Å². The number of hydrogen-bond donors (Lipinski definition) is 1. The van der Waals surface area contributed by atoms with Gasteiger partial charge in [-0.2, -0.15) is 0 Å². The van der Waals surface area contributed by atoms with Gasteiger partial charge in [0.05, 0.1) is 16.6 Å². The molecule has 1 aliphatic carbocycles. The van der Waals surface area contributed by atoms with E-state index in [-0.39, 0.29) is 11.5 Å². The van der Waals surface area contributed by atoms with Gasteiger partial charge in [-0.15, -0.1) is 16.8 Å². The van der Waals surface area contributed by atoms with Gasteiger partial charge in [-0.1, -0.05) is 55.3 Å². The molecule has 1 aromatic carbocycles. The Balaban J connectivity index is 1.53. The number of carbonyl (C=O) groups excluding carboxylic acids is 1. The second kappa shape index (κ2) is 10.5. The van der Waals surface area contributed by atoms with Crippen molar-refractivity contribution in [3.8, 4) is 5.69 Å². The van der Waals surface area contributed by atoms with Crippen LogP contribution in [0.15, 0.2) is 52.9 Å². The molecular weight excluding hydrogens is 448 g/mol. The molecule has 1 amide bonds. The zero-order chi connectivity index (χ0) is 24.2. The van der Waals surface area contributed by atoms with Crippen LogP contribution in [0.25, 0.3) is 5.69 Å². The lowest BCUT2D eigenvalue weighted by atomic mass is 9.89. The number of hydrogen-bond acceptors (Lipinski definition) is 5. The molecule has 9 heteroatoms. The van der Waals surface area contributed by atoms with E-state index in [9.17, 15) is 9.59 Å². The van der Waals surface area contributed by atoms with Gasteiger partial charge in [0.2, 0.25) is 5.91 Å². The standard InChI is InChI=1S/C25H32N6O2S/c1-5-16-30-22(19-12-8-6-9-13-19)27-28-25(30)34-18(3)23(32)26-21-17(2)29(4)31(24(21)33)20-14-10-7-11-15-20/h5,7,10-11,14-15,18-19H,1,6,8-9,12-13,16H2,2-4H3,(H,26,32)/t18-/m1/s1. The Morgan fingerprint density at radius 3 is 2.62 bits per heavy atom. The lowest BCUT2D eigenvalue weighted by Crippen LogP contribution is -2.27.